The maximum absolute atomic E-state index is 10.4. The molecule has 78 valence electrons. The Bertz CT molecular complexity index is 345. The van der Waals surface area contributed by atoms with Crippen LogP contribution in [0.5, 0.6) is 0 Å². The van der Waals surface area contributed by atoms with E-state index in [1.165, 1.54) is 0 Å². The van der Waals surface area contributed by atoms with E-state index in [4.69, 9.17) is 10.2 Å². The van der Waals surface area contributed by atoms with Gasteiger partial charge in [0.1, 0.15) is 17.1 Å². The molecule has 2 unspecified atom stereocenters. The first-order valence-corrected chi connectivity index (χ1v) is 5.15. The SMILES string of the molecule is CCC(N)C1(O)CCc2oc(C)cc21. The molecule has 3 nitrogen and oxygen atoms in total. The van der Waals surface area contributed by atoms with Crippen molar-refractivity contribution in [2.45, 2.75) is 44.8 Å². The van der Waals surface area contributed by atoms with E-state index < -0.39 is 5.60 Å². The van der Waals surface area contributed by atoms with Crippen molar-refractivity contribution < 1.29 is 9.52 Å². The number of nitrogens with two attached hydrogens (primary N) is 1. The average molecular weight is 195 g/mol. The Labute approximate surface area is 83.9 Å². The van der Waals surface area contributed by atoms with Crippen LogP contribution in [0, 0.1) is 6.92 Å². The third-order valence-corrected chi connectivity index (χ3v) is 3.19. The lowest BCUT2D eigenvalue weighted by atomic mass is 9.88. The number of hydrogen-bond acceptors (Lipinski definition) is 3. The summed E-state index contributed by atoms with van der Waals surface area (Å²) in [7, 11) is 0. The van der Waals surface area contributed by atoms with Crippen molar-refractivity contribution >= 4 is 0 Å². The fraction of sp³-hybridized carbons (Fsp3) is 0.636. The average Bonchev–Trinajstić information content (AvgIpc) is 2.66. The molecule has 2 atom stereocenters. The number of furan rings is 1. The molecule has 0 amide bonds. The zero-order valence-electron chi connectivity index (χ0n) is 8.71. The van der Waals surface area contributed by atoms with Crippen LogP contribution >= 0.6 is 0 Å². The highest BCUT2D eigenvalue weighted by molar-refractivity contribution is 5.34. The van der Waals surface area contributed by atoms with E-state index in [2.05, 4.69) is 0 Å². The standard InChI is InChI=1S/C11H17NO2/c1-3-10(12)11(13)5-4-9-8(11)6-7(2)14-9/h6,10,13H,3-5,12H2,1-2H3. The predicted molar refractivity (Wildman–Crippen MR) is 53.9 cm³/mol. The van der Waals surface area contributed by atoms with Crippen molar-refractivity contribution in [2.75, 3.05) is 0 Å². The van der Waals surface area contributed by atoms with Gasteiger partial charge in [0.2, 0.25) is 0 Å². The third kappa shape index (κ3) is 1.20. The third-order valence-electron chi connectivity index (χ3n) is 3.19. The van der Waals surface area contributed by atoms with Crippen molar-refractivity contribution in [2.24, 2.45) is 5.73 Å². The van der Waals surface area contributed by atoms with Gasteiger partial charge in [0, 0.05) is 18.0 Å². The van der Waals surface area contributed by atoms with Gasteiger partial charge in [0.25, 0.3) is 0 Å². The molecule has 3 N–H and O–H groups in total. The lowest BCUT2D eigenvalue weighted by molar-refractivity contribution is 0.0102. The van der Waals surface area contributed by atoms with Crippen molar-refractivity contribution in [3.63, 3.8) is 0 Å². The molecule has 1 aliphatic carbocycles. The Morgan fingerprint density at radius 1 is 1.71 bits per heavy atom. The van der Waals surface area contributed by atoms with E-state index in [0.29, 0.717) is 6.42 Å². The molecule has 3 heteroatoms. The molecule has 1 aliphatic rings. The van der Waals surface area contributed by atoms with Crippen molar-refractivity contribution in [3.05, 3.63) is 23.2 Å². The fourth-order valence-electron chi connectivity index (χ4n) is 2.28. The van der Waals surface area contributed by atoms with E-state index in [9.17, 15) is 5.11 Å². The number of aryl methyl sites for hydroxylation is 2. The highest BCUT2D eigenvalue weighted by atomic mass is 16.3. The van der Waals surface area contributed by atoms with E-state index in [1.54, 1.807) is 0 Å². The van der Waals surface area contributed by atoms with Crippen molar-refractivity contribution in [1.29, 1.82) is 0 Å². The maximum atomic E-state index is 10.4. The summed E-state index contributed by atoms with van der Waals surface area (Å²) < 4.78 is 5.50. The summed E-state index contributed by atoms with van der Waals surface area (Å²) in [4.78, 5) is 0. The molecule has 14 heavy (non-hydrogen) atoms. The summed E-state index contributed by atoms with van der Waals surface area (Å²) in [5.74, 6) is 1.77. The van der Waals surface area contributed by atoms with Crippen LogP contribution in [0.2, 0.25) is 0 Å². The Balaban J connectivity index is 2.40. The van der Waals surface area contributed by atoms with E-state index in [0.717, 1.165) is 29.9 Å². The minimum Gasteiger partial charge on any atom is -0.466 e. The quantitative estimate of drug-likeness (QED) is 0.751. The summed E-state index contributed by atoms with van der Waals surface area (Å²) >= 11 is 0. The van der Waals surface area contributed by atoms with Gasteiger partial charge in [0.15, 0.2) is 0 Å². The van der Waals surface area contributed by atoms with Crippen LogP contribution in [0.15, 0.2) is 10.5 Å². The number of rotatable bonds is 2. The summed E-state index contributed by atoms with van der Waals surface area (Å²) in [6.07, 6.45) is 2.27. The van der Waals surface area contributed by atoms with Crippen LogP contribution in [0.4, 0.5) is 0 Å². The molecule has 2 rings (SSSR count). The van der Waals surface area contributed by atoms with E-state index >= 15 is 0 Å². The molecule has 0 saturated carbocycles. The van der Waals surface area contributed by atoms with Gasteiger partial charge < -0.3 is 15.3 Å². The minimum atomic E-state index is -0.859. The predicted octanol–water partition coefficient (Wildman–Crippen LogP) is 1.46. The lowest BCUT2D eigenvalue weighted by Crippen LogP contribution is -2.43. The molecule has 1 aromatic heterocycles. The van der Waals surface area contributed by atoms with Crippen LogP contribution in [0.1, 0.15) is 36.8 Å². The van der Waals surface area contributed by atoms with E-state index in [1.807, 2.05) is 19.9 Å². The molecule has 1 aromatic rings. The van der Waals surface area contributed by atoms with Gasteiger partial charge in [0.05, 0.1) is 0 Å². The molecular formula is C11H17NO2. The van der Waals surface area contributed by atoms with Crippen LogP contribution in [-0.2, 0) is 12.0 Å². The second-order valence-corrected chi connectivity index (χ2v) is 4.13. The maximum Gasteiger partial charge on any atom is 0.110 e. The van der Waals surface area contributed by atoms with Crippen LogP contribution in [-0.4, -0.2) is 11.1 Å². The van der Waals surface area contributed by atoms with Gasteiger partial charge in [-0.15, -0.1) is 0 Å². The Morgan fingerprint density at radius 3 is 3.07 bits per heavy atom. The molecular weight excluding hydrogens is 178 g/mol. The highest BCUT2D eigenvalue weighted by Gasteiger charge is 2.43. The second kappa shape index (κ2) is 3.11. The van der Waals surface area contributed by atoms with Gasteiger partial charge in [-0.05, 0) is 25.8 Å². The van der Waals surface area contributed by atoms with Crippen molar-refractivity contribution in [1.82, 2.24) is 0 Å². The van der Waals surface area contributed by atoms with Crippen LogP contribution in [0.3, 0.4) is 0 Å². The molecule has 0 radical (unpaired) electrons. The normalized spacial score (nSPS) is 27.7. The van der Waals surface area contributed by atoms with Crippen molar-refractivity contribution in [3.8, 4) is 0 Å². The first-order chi connectivity index (χ1) is 6.58. The summed E-state index contributed by atoms with van der Waals surface area (Å²) in [5.41, 5.74) is 5.99. The first-order valence-electron chi connectivity index (χ1n) is 5.15. The van der Waals surface area contributed by atoms with Gasteiger partial charge in [-0.1, -0.05) is 6.92 Å². The molecule has 1 heterocycles. The largest absolute Gasteiger partial charge is 0.466 e. The van der Waals surface area contributed by atoms with Gasteiger partial charge >= 0.3 is 0 Å². The van der Waals surface area contributed by atoms with E-state index in [-0.39, 0.29) is 6.04 Å². The number of hydrogen-bond donors (Lipinski definition) is 2. The first kappa shape index (κ1) is 9.74. The number of aliphatic hydroxyl groups is 1. The van der Waals surface area contributed by atoms with Crippen LogP contribution < -0.4 is 5.73 Å². The monoisotopic (exact) mass is 195 g/mol. The van der Waals surface area contributed by atoms with Crippen LogP contribution in [0.25, 0.3) is 0 Å². The molecule has 0 aliphatic heterocycles. The molecule has 0 bridgehead atoms. The Hall–Kier alpha value is -0.800. The fourth-order valence-corrected chi connectivity index (χ4v) is 2.28. The second-order valence-electron chi connectivity index (χ2n) is 4.13. The van der Waals surface area contributed by atoms with Gasteiger partial charge in [-0.2, -0.15) is 0 Å². The zero-order valence-corrected chi connectivity index (χ0v) is 8.71. The summed E-state index contributed by atoms with van der Waals surface area (Å²) in [6, 6.07) is 1.72. The molecule has 0 spiro atoms. The van der Waals surface area contributed by atoms with Gasteiger partial charge in [-0.3, -0.25) is 0 Å². The Morgan fingerprint density at radius 2 is 2.43 bits per heavy atom. The molecule has 0 saturated heterocycles. The summed E-state index contributed by atoms with van der Waals surface area (Å²) in [6.45, 7) is 3.89. The molecule has 0 fully saturated rings. The minimum absolute atomic E-state index is 0.194. The topological polar surface area (TPSA) is 59.4 Å². The summed E-state index contributed by atoms with van der Waals surface area (Å²) in [5, 5.41) is 10.4. The Kier molecular flexibility index (Phi) is 2.16. The smallest absolute Gasteiger partial charge is 0.110 e. The highest BCUT2D eigenvalue weighted by Crippen LogP contribution is 2.41. The number of fused-ring (bicyclic) bond motifs is 1. The zero-order chi connectivity index (χ0) is 10.3. The lowest BCUT2D eigenvalue weighted by Gasteiger charge is -2.28. The van der Waals surface area contributed by atoms with Gasteiger partial charge in [-0.25, -0.2) is 0 Å². The molecule has 0 aromatic carbocycles.